The Hall–Kier alpha value is -3.02. The standard InChI is InChI=1S/C17H17N3O3/c1-11(16(21)18-10-12-5-3-2-4-6-12)19-13-7-8-15-14(9-13)20-17(22)23-15/h2-9,11,19H,10H2,1H3,(H,18,21)(H,20,22)/t11-/m0/s1. The van der Waals surface area contributed by atoms with Gasteiger partial charge in [0.05, 0.1) is 5.52 Å². The largest absolute Gasteiger partial charge is 0.417 e. The molecule has 118 valence electrons. The predicted molar refractivity (Wildman–Crippen MR) is 88.2 cm³/mol. The first kappa shape index (κ1) is 14.9. The zero-order valence-corrected chi connectivity index (χ0v) is 12.6. The predicted octanol–water partition coefficient (Wildman–Crippen LogP) is 2.24. The molecule has 0 aliphatic rings. The fraction of sp³-hybridized carbons (Fsp3) is 0.176. The molecular formula is C17H17N3O3. The van der Waals surface area contributed by atoms with Gasteiger partial charge < -0.3 is 15.1 Å². The van der Waals surface area contributed by atoms with E-state index in [1.165, 1.54) is 0 Å². The van der Waals surface area contributed by atoms with Crippen molar-refractivity contribution in [3.8, 4) is 0 Å². The van der Waals surface area contributed by atoms with E-state index in [1.807, 2.05) is 30.3 Å². The van der Waals surface area contributed by atoms with Crippen molar-refractivity contribution in [3.05, 3.63) is 64.6 Å². The van der Waals surface area contributed by atoms with Gasteiger partial charge >= 0.3 is 5.76 Å². The third-order valence-electron chi connectivity index (χ3n) is 3.50. The number of oxazole rings is 1. The summed E-state index contributed by atoms with van der Waals surface area (Å²) in [6.07, 6.45) is 0. The van der Waals surface area contributed by atoms with Crippen LogP contribution in [-0.2, 0) is 11.3 Å². The van der Waals surface area contributed by atoms with E-state index in [0.29, 0.717) is 17.6 Å². The minimum absolute atomic E-state index is 0.102. The Morgan fingerprint density at radius 2 is 2.00 bits per heavy atom. The number of nitrogens with one attached hydrogen (secondary N) is 3. The van der Waals surface area contributed by atoms with Crippen LogP contribution in [-0.4, -0.2) is 16.9 Å². The quantitative estimate of drug-likeness (QED) is 0.674. The molecule has 6 heteroatoms. The van der Waals surface area contributed by atoms with Gasteiger partial charge in [-0.15, -0.1) is 0 Å². The van der Waals surface area contributed by atoms with Crippen molar-refractivity contribution in [1.29, 1.82) is 0 Å². The molecule has 0 radical (unpaired) electrons. The van der Waals surface area contributed by atoms with Crippen molar-refractivity contribution in [2.75, 3.05) is 5.32 Å². The number of aromatic amines is 1. The molecule has 6 nitrogen and oxygen atoms in total. The number of hydrogen-bond acceptors (Lipinski definition) is 4. The number of fused-ring (bicyclic) bond motifs is 1. The highest BCUT2D eigenvalue weighted by Gasteiger charge is 2.12. The topological polar surface area (TPSA) is 87.1 Å². The Labute approximate surface area is 132 Å². The van der Waals surface area contributed by atoms with Crippen molar-refractivity contribution in [2.45, 2.75) is 19.5 Å². The minimum Gasteiger partial charge on any atom is -0.408 e. The van der Waals surface area contributed by atoms with E-state index < -0.39 is 11.8 Å². The van der Waals surface area contributed by atoms with E-state index in [9.17, 15) is 9.59 Å². The van der Waals surface area contributed by atoms with E-state index in [1.54, 1.807) is 25.1 Å². The van der Waals surface area contributed by atoms with E-state index in [2.05, 4.69) is 15.6 Å². The SMILES string of the molecule is C[C@H](Nc1ccc2oc(=O)[nH]c2c1)C(=O)NCc1ccccc1. The van der Waals surface area contributed by atoms with Gasteiger partial charge in [0, 0.05) is 12.2 Å². The summed E-state index contributed by atoms with van der Waals surface area (Å²) in [6, 6.07) is 14.5. The molecule has 0 aliphatic carbocycles. The monoisotopic (exact) mass is 311 g/mol. The smallest absolute Gasteiger partial charge is 0.408 e. The van der Waals surface area contributed by atoms with Crippen LogP contribution in [0.15, 0.2) is 57.7 Å². The van der Waals surface area contributed by atoms with Gasteiger partial charge in [-0.1, -0.05) is 30.3 Å². The van der Waals surface area contributed by atoms with Gasteiger partial charge in [-0.3, -0.25) is 9.78 Å². The molecule has 3 N–H and O–H groups in total. The summed E-state index contributed by atoms with van der Waals surface area (Å²) in [6.45, 7) is 2.27. The highest BCUT2D eigenvalue weighted by Crippen LogP contribution is 2.16. The molecular weight excluding hydrogens is 294 g/mol. The molecule has 0 saturated heterocycles. The van der Waals surface area contributed by atoms with Gasteiger partial charge in [-0.2, -0.15) is 0 Å². The number of hydrogen-bond donors (Lipinski definition) is 3. The summed E-state index contributed by atoms with van der Waals surface area (Å²) < 4.78 is 4.94. The summed E-state index contributed by atoms with van der Waals surface area (Å²) in [5, 5.41) is 5.99. The lowest BCUT2D eigenvalue weighted by Gasteiger charge is -2.15. The summed E-state index contributed by atoms with van der Waals surface area (Å²) >= 11 is 0. The molecule has 1 atom stereocenters. The summed E-state index contributed by atoms with van der Waals surface area (Å²) in [5.74, 6) is -0.597. The summed E-state index contributed by atoms with van der Waals surface area (Å²) in [4.78, 5) is 25.9. The van der Waals surface area contributed by atoms with Crippen molar-refractivity contribution in [2.24, 2.45) is 0 Å². The van der Waals surface area contributed by atoms with Gasteiger partial charge in [0.2, 0.25) is 5.91 Å². The zero-order valence-electron chi connectivity index (χ0n) is 12.6. The molecule has 0 bridgehead atoms. The molecule has 1 amide bonds. The maximum Gasteiger partial charge on any atom is 0.417 e. The fourth-order valence-electron chi connectivity index (χ4n) is 2.30. The van der Waals surface area contributed by atoms with Crippen molar-refractivity contribution >= 4 is 22.7 Å². The van der Waals surface area contributed by atoms with Crippen LogP contribution in [0.5, 0.6) is 0 Å². The number of rotatable bonds is 5. The molecule has 0 spiro atoms. The molecule has 23 heavy (non-hydrogen) atoms. The molecule has 0 saturated carbocycles. The second-order valence-electron chi connectivity index (χ2n) is 5.29. The van der Waals surface area contributed by atoms with E-state index in [0.717, 1.165) is 11.3 Å². The number of anilines is 1. The second kappa shape index (κ2) is 6.39. The molecule has 3 aromatic rings. The van der Waals surface area contributed by atoms with Crippen LogP contribution in [0.4, 0.5) is 5.69 Å². The lowest BCUT2D eigenvalue weighted by molar-refractivity contribution is -0.121. The van der Waals surface area contributed by atoms with E-state index in [4.69, 9.17) is 4.42 Å². The first-order valence-corrected chi connectivity index (χ1v) is 7.33. The van der Waals surface area contributed by atoms with Crippen LogP contribution < -0.4 is 16.4 Å². The van der Waals surface area contributed by atoms with Crippen LogP contribution in [0, 0.1) is 0 Å². The number of benzene rings is 2. The Kier molecular flexibility index (Phi) is 4.14. The molecule has 2 aromatic carbocycles. The first-order chi connectivity index (χ1) is 11.1. The summed E-state index contributed by atoms with van der Waals surface area (Å²) in [7, 11) is 0. The van der Waals surface area contributed by atoms with Gasteiger partial charge in [0.1, 0.15) is 6.04 Å². The van der Waals surface area contributed by atoms with Crippen LogP contribution in [0.2, 0.25) is 0 Å². The molecule has 0 unspecified atom stereocenters. The van der Waals surface area contributed by atoms with Gasteiger partial charge in [0.15, 0.2) is 5.58 Å². The molecule has 1 aromatic heterocycles. The number of carbonyl (C=O) groups is 1. The maximum atomic E-state index is 12.1. The highest BCUT2D eigenvalue weighted by molar-refractivity contribution is 5.85. The van der Waals surface area contributed by atoms with Crippen molar-refractivity contribution in [1.82, 2.24) is 10.3 Å². The van der Waals surface area contributed by atoms with Crippen LogP contribution in [0.1, 0.15) is 12.5 Å². The molecule has 0 aliphatic heterocycles. The Morgan fingerprint density at radius 1 is 1.22 bits per heavy atom. The van der Waals surface area contributed by atoms with Crippen LogP contribution in [0.25, 0.3) is 11.1 Å². The zero-order chi connectivity index (χ0) is 16.2. The Morgan fingerprint density at radius 3 is 2.78 bits per heavy atom. The number of H-pyrrole nitrogens is 1. The van der Waals surface area contributed by atoms with Gasteiger partial charge in [-0.05, 0) is 30.7 Å². The number of aromatic nitrogens is 1. The Bertz CT molecular complexity index is 867. The van der Waals surface area contributed by atoms with E-state index in [-0.39, 0.29) is 5.91 Å². The third kappa shape index (κ3) is 3.60. The van der Waals surface area contributed by atoms with Gasteiger partial charge in [-0.25, -0.2) is 4.79 Å². The van der Waals surface area contributed by atoms with Gasteiger partial charge in [0.25, 0.3) is 0 Å². The van der Waals surface area contributed by atoms with Crippen molar-refractivity contribution < 1.29 is 9.21 Å². The van der Waals surface area contributed by atoms with Crippen LogP contribution in [0.3, 0.4) is 0 Å². The average molecular weight is 311 g/mol. The molecule has 3 rings (SSSR count). The first-order valence-electron chi connectivity index (χ1n) is 7.33. The summed E-state index contributed by atoms with van der Waals surface area (Å²) in [5.41, 5.74) is 2.86. The lowest BCUT2D eigenvalue weighted by atomic mass is 10.2. The number of amides is 1. The highest BCUT2D eigenvalue weighted by atomic mass is 16.4. The molecule has 0 fully saturated rings. The average Bonchev–Trinajstić information content (AvgIpc) is 2.92. The number of carbonyl (C=O) groups excluding carboxylic acids is 1. The lowest BCUT2D eigenvalue weighted by Crippen LogP contribution is -2.37. The van der Waals surface area contributed by atoms with Crippen molar-refractivity contribution in [3.63, 3.8) is 0 Å². The molecule has 1 heterocycles. The second-order valence-corrected chi connectivity index (χ2v) is 5.29. The van der Waals surface area contributed by atoms with Crippen LogP contribution >= 0.6 is 0 Å². The normalized spacial score (nSPS) is 12.0. The Balaban J connectivity index is 1.61. The third-order valence-corrected chi connectivity index (χ3v) is 3.50. The maximum absolute atomic E-state index is 12.1. The minimum atomic E-state index is -0.495. The fourth-order valence-corrected chi connectivity index (χ4v) is 2.30. The van der Waals surface area contributed by atoms with E-state index >= 15 is 0 Å².